The van der Waals surface area contributed by atoms with Crippen LogP contribution in [-0.4, -0.2) is 151 Å². The molecule has 0 amide bonds. The minimum atomic E-state index is -2.14. The topological polar surface area (TPSA) is 156 Å². The predicted molar refractivity (Wildman–Crippen MR) is 626 cm³/mol. The molecule has 9 aliphatic carbocycles. The van der Waals surface area contributed by atoms with Gasteiger partial charge in [0.15, 0.2) is 61.9 Å². The molecule has 9 saturated carbocycles. The number of fused-ring (bicyclic) bond motifs is 3. The standard InChI is InChI=1S/2C42H73NO4Si2.C40H72O5Si2/c1-31(19-17-25-41(8,9)45-30-44-12)35-23-24-36-33(20-18-26-42(35,36)10)22-21-32-27-37(46-48(13,14)39(2,3)4)34(29-43-11)38(28-32)47-49(15,16)40(5,6)7;1-31(18-16-25-41(8,9)45-30-44-11)35-22-23-36-33(19-17-26-42(35,36)10)21-20-32-28-37(46-48(12,13)39(2,3)4)34(24-27-43)38(29-32)47-49(14,15)40(5,6)7;1-29(18-16-24-39(8,9)43-28-42-11)32-22-23-33-31(19-17-25-40(32,33)10)21-20-30-26-34(44-46(12,13)37(2,3)4)36(41)35(27-30)45-47(14,15)38(5,6)7/h17,19,21-22,29,31,35-38H,18,20,23-28,30H2,1-10,12-16H3;16,18,20-21,24,31,35-38H,17,19,22-23,25-26,28-30H2,1-15H3;16,18,20-21,29,32-35H,17,19,22-28H2,1-15H3/b19-17+,32-21?,33-22+,34-29?;18-16+,32-20?,33-21+,34-24?;18-16+,31-21+/t2*31-,35?,36?,37-,38-,42?;29-,32?,33?,34-,35-,40?/m111/s1. The molecule has 0 aromatic rings. The van der Waals surface area contributed by atoms with Gasteiger partial charge in [0, 0.05) is 40.2 Å². The molecule has 9 aliphatic rings. The van der Waals surface area contributed by atoms with Crippen molar-refractivity contribution in [3.8, 4) is 6.07 Å². The van der Waals surface area contributed by atoms with Crippen LogP contribution in [0.3, 0.4) is 0 Å². The van der Waals surface area contributed by atoms with Crippen molar-refractivity contribution in [2.45, 2.75) is 524 Å². The lowest BCUT2D eigenvalue weighted by Crippen LogP contribution is -2.53. The number of nitriles is 1. The molecule has 826 valence electrons. The first-order valence-corrected chi connectivity index (χ1v) is 74.2. The molecule has 0 aliphatic heterocycles. The van der Waals surface area contributed by atoms with Crippen molar-refractivity contribution in [3.05, 3.63) is 141 Å². The summed E-state index contributed by atoms with van der Waals surface area (Å²) < 4.78 is 75.3. The van der Waals surface area contributed by atoms with Gasteiger partial charge in [-0.05, 0) is 372 Å². The molecule has 9 unspecified atom stereocenters. The van der Waals surface area contributed by atoms with Crippen LogP contribution < -0.4 is 0 Å². The third-order valence-corrected chi connectivity index (χ3v) is 66.1. The molecule has 9 fully saturated rings. The average Bonchev–Trinajstić information content (AvgIpc) is 1.61. The highest BCUT2D eigenvalue weighted by molar-refractivity contribution is 6.76. The van der Waals surface area contributed by atoms with Gasteiger partial charge in [-0.15, -0.1) is 0 Å². The van der Waals surface area contributed by atoms with E-state index in [4.69, 9.17) is 61.5 Å². The summed E-state index contributed by atoms with van der Waals surface area (Å²) in [6, 6.07) is 2.38. The maximum atomic E-state index is 14.0. The van der Waals surface area contributed by atoms with Gasteiger partial charge in [-0.1, -0.05) is 273 Å². The van der Waals surface area contributed by atoms with Crippen LogP contribution in [0.1, 0.15) is 362 Å². The average molecular weight is 2110 g/mol. The van der Waals surface area contributed by atoms with Crippen LogP contribution in [0.4, 0.5) is 0 Å². The molecule has 15 nitrogen and oxygen atoms in total. The van der Waals surface area contributed by atoms with Crippen LogP contribution in [0.5, 0.6) is 0 Å². The van der Waals surface area contributed by atoms with Crippen molar-refractivity contribution in [2.75, 3.05) is 41.7 Å². The number of ether oxygens (including phenoxy) is 6. The number of carbonyl (C=O) groups is 1. The summed E-state index contributed by atoms with van der Waals surface area (Å²) in [5.74, 6) is 5.72. The fourth-order valence-corrected chi connectivity index (χ4v) is 31.4. The largest absolute Gasteiger partial charge is 0.411 e. The second-order valence-corrected chi connectivity index (χ2v) is 86.3. The summed E-state index contributed by atoms with van der Waals surface area (Å²) in [4.78, 5) is 17.8. The number of rotatable bonds is 36. The van der Waals surface area contributed by atoms with Gasteiger partial charge in [-0.25, -0.2) is 4.85 Å². The zero-order valence-corrected chi connectivity index (χ0v) is 108. The summed E-state index contributed by atoms with van der Waals surface area (Å²) in [6.45, 7) is 105. The third-order valence-electron chi connectivity index (χ3n) is 39.2. The molecule has 21 heteroatoms. The van der Waals surface area contributed by atoms with E-state index in [0.717, 1.165) is 56.1 Å². The summed E-state index contributed by atoms with van der Waals surface area (Å²) in [7, 11) is -7.65. The van der Waals surface area contributed by atoms with E-state index in [1.165, 1.54) is 113 Å². The van der Waals surface area contributed by atoms with Gasteiger partial charge in [0.25, 0.3) is 0 Å². The second-order valence-electron chi connectivity index (χ2n) is 57.8. The Morgan fingerprint density at radius 3 is 0.814 bits per heavy atom. The van der Waals surface area contributed by atoms with Gasteiger partial charge in [0.1, 0.15) is 32.6 Å². The van der Waals surface area contributed by atoms with E-state index in [-0.39, 0.29) is 77.2 Å². The molecule has 0 saturated heterocycles. The van der Waals surface area contributed by atoms with Crippen molar-refractivity contribution in [2.24, 2.45) is 69.5 Å². The Labute approximate surface area is 897 Å². The van der Waals surface area contributed by atoms with E-state index in [1.54, 1.807) is 50.3 Å². The highest BCUT2D eigenvalue weighted by Gasteiger charge is 2.57. The van der Waals surface area contributed by atoms with Gasteiger partial charge in [0.05, 0.1) is 53.9 Å². The zero-order chi connectivity index (χ0) is 110. The molecular weight excluding hydrogens is 1890 g/mol. The quantitative estimate of drug-likeness (QED) is 0.0192. The van der Waals surface area contributed by atoms with Gasteiger partial charge < -0.3 is 55.0 Å². The highest BCUT2D eigenvalue weighted by atomic mass is 28.4. The van der Waals surface area contributed by atoms with Crippen molar-refractivity contribution in [1.82, 2.24) is 0 Å². The first-order chi connectivity index (χ1) is 66.4. The Hall–Kier alpha value is -3.39. The van der Waals surface area contributed by atoms with Crippen LogP contribution in [0.25, 0.3) is 4.85 Å². The lowest BCUT2D eigenvalue weighted by atomic mass is 9.61. The molecule has 145 heavy (non-hydrogen) atoms. The maximum absolute atomic E-state index is 14.0. The van der Waals surface area contributed by atoms with Crippen LogP contribution in [0.15, 0.2) is 130 Å². The predicted octanol–water partition coefficient (Wildman–Crippen LogP) is 35.7. The molecule has 0 radical (unpaired) electrons. The second kappa shape index (κ2) is 51.1. The van der Waals surface area contributed by atoms with Gasteiger partial charge in [0.2, 0.25) is 0 Å². The molecule has 0 bridgehead atoms. The minimum absolute atomic E-state index is 0.0399. The number of carbonyl (C=O) groups excluding carboxylic acids is 1. The molecule has 9 rings (SSSR count). The fourth-order valence-electron chi connectivity index (χ4n) is 23.8. The smallest absolute Gasteiger partial charge is 0.193 e. The van der Waals surface area contributed by atoms with Gasteiger partial charge >= 0.3 is 0 Å². The maximum Gasteiger partial charge on any atom is 0.193 e. The van der Waals surface area contributed by atoms with Crippen LogP contribution >= 0.6 is 0 Å². The monoisotopic (exact) mass is 2110 g/mol. The normalized spacial score (nSPS) is 29.2. The zero-order valence-electron chi connectivity index (χ0n) is 102. The summed E-state index contributed by atoms with van der Waals surface area (Å²) in [6.07, 6.45) is 57.6. The molecular formula is C124H218N2O13Si6. The Morgan fingerprint density at radius 2 is 0.593 bits per heavy atom. The molecule has 0 heterocycles. The van der Waals surface area contributed by atoms with E-state index >= 15 is 0 Å². The van der Waals surface area contributed by atoms with Gasteiger partial charge in [-0.2, -0.15) is 5.26 Å². The third kappa shape index (κ3) is 34.1. The number of ketones is 1. The molecule has 18 atom stereocenters. The van der Waals surface area contributed by atoms with E-state index in [0.29, 0.717) is 103 Å². The summed E-state index contributed by atoms with van der Waals surface area (Å²) >= 11 is 0. The first kappa shape index (κ1) is 128. The minimum Gasteiger partial charge on any atom is -0.411 e. The first-order valence-electron chi connectivity index (χ1n) is 56.7. The highest BCUT2D eigenvalue weighted by Crippen LogP contribution is 2.64. The van der Waals surface area contributed by atoms with E-state index in [1.807, 2.05) is 0 Å². The fraction of sp³-hybridized carbons (Fsp3) is 0.798. The SMILES string of the molecule is COCOC(C)(C)C/C=C/[C@@H](C)C1CCC2/C(=C/C=C3C[C@@H](O[Si](C)(C)C(C)(C)C)C(=CC#N)[C@H](O[Si](C)(C)C(C)(C)C)C3)CCCC21C.COCOC(C)(C)C/C=C/[C@@H](C)C1CCC2/C(=C/C=C3C[C@@H](O[Si](C)(C)C(C)(C)C)C(=O)[C@H](O[Si](C)(C)C(C)(C)C)C3)CCCC21C.[C-]#[N+]C=C1[C@H](O[Si](C)(C)C(C)(C)C)CC(=C/C=C2\CCCC3(C)C2CCC3[C@H](C)/C=C/CC(C)(C)OCOC)C[C@H]1O[Si](C)(C)C(C)(C)C. The Bertz CT molecular complexity index is 4340. The van der Waals surface area contributed by atoms with E-state index in [9.17, 15) is 10.1 Å². The van der Waals surface area contributed by atoms with Crippen LogP contribution in [-0.2, 0) is 59.8 Å². The number of hydrogen-bond acceptors (Lipinski definition) is 14. The van der Waals surface area contributed by atoms with Crippen LogP contribution in [0, 0.1) is 87.4 Å². The van der Waals surface area contributed by atoms with E-state index in [2.05, 4.69) is 370 Å². The number of nitrogens with zero attached hydrogens (tertiary/aromatic N) is 2. The van der Waals surface area contributed by atoms with Gasteiger partial charge in [-0.3, -0.25) is 4.79 Å². The van der Waals surface area contributed by atoms with Crippen LogP contribution in [0.2, 0.25) is 109 Å². The summed E-state index contributed by atoms with van der Waals surface area (Å²) in [5, 5.41) is 10.3. The van der Waals surface area contributed by atoms with Crippen molar-refractivity contribution < 1.29 is 59.8 Å². The Balaban J connectivity index is 0.000000295. The number of methoxy groups -OCH3 is 3. The molecule has 0 aromatic heterocycles. The lowest BCUT2D eigenvalue weighted by molar-refractivity contribution is -0.135. The van der Waals surface area contributed by atoms with Crippen molar-refractivity contribution in [1.29, 1.82) is 5.26 Å². The summed E-state index contributed by atoms with van der Waals surface area (Å²) in [5.41, 5.74) is 11.4. The number of hydrogen-bond donors (Lipinski definition) is 0. The number of Topliss-reactive ketones (excluding diaryl/α,β-unsaturated/α-hetero) is 1. The van der Waals surface area contributed by atoms with Crippen molar-refractivity contribution >= 4 is 55.7 Å². The Morgan fingerprint density at radius 1 is 0.366 bits per heavy atom. The lowest BCUT2D eigenvalue weighted by Gasteiger charge is -2.46. The Kier molecular flexibility index (Phi) is 45.3. The molecule has 0 aromatic carbocycles. The van der Waals surface area contributed by atoms with E-state index < -0.39 is 62.1 Å². The number of allylic oxidation sites excluding steroid dienone is 13. The molecule has 0 N–H and O–H groups in total. The van der Waals surface area contributed by atoms with Crippen molar-refractivity contribution in [3.63, 3.8) is 0 Å². The molecule has 0 spiro atoms.